The molecule has 9 rings (SSSR count). The Morgan fingerprint density at radius 3 is 2.14 bits per heavy atom. The lowest BCUT2D eigenvalue weighted by molar-refractivity contribution is 0.0676. The summed E-state index contributed by atoms with van der Waals surface area (Å²) < 4.78 is 3.84. The lowest BCUT2D eigenvalue weighted by atomic mass is 10.1. The number of likely N-dealkylation sites (N-methyl/N-ethyl adjacent to an activating group) is 1. The predicted octanol–water partition coefficient (Wildman–Crippen LogP) is 3.94. The number of benzene rings is 2. The number of rotatable bonds is 9. The summed E-state index contributed by atoms with van der Waals surface area (Å²) in [5.41, 5.74) is 8.29. The third kappa shape index (κ3) is 5.84. The average molecular weight is 751 g/mol. The van der Waals surface area contributed by atoms with Crippen LogP contribution in [0, 0.1) is 0 Å². The number of carbonyl (C=O) groups is 2. The molecule has 1 saturated heterocycles. The second-order valence-electron chi connectivity index (χ2n) is 14.7. The van der Waals surface area contributed by atoms with Crippen LogP contribution in [0.3, 0.4) is 0 Å². The number of hydrogen-bond acceptors (Lipinski definition) is 12. The molecule has 1 aliphatic rings. The zero-order chi connectivity index (χ0) is 38.7. The van der Waals surface area contributed by atoms with Crippen molar-refractivity contribution in [1.29, 1.82) is 0 Å². The monoisotopic (exact) mass is 750 g/mol. The van der Waals surface area contributed by atoms with Crippen LogP contribution in [0.15, 0.2) is 67.0 Å². The van der Waals surface area contributed by atoms with E-state index in [1.807, 2.05) is 87.3 Å². The molecule has 0 aliphatic carbocycles. The highest BCUT2D eigenvalue weighted by molar-refractivity contribution is 6.14. The standard InChI is InChI=1S/C40H42N14O2/c1-22-20-52(21-23(2)46-22)40(56)32-34(26-13-15-45-50-36(26)53-29-9-7-6-8-27(29)47-38(32)53)43-19-24-10-11-28-30(18-24)54-35-25(12-14-44-49-35)33(41-3)31(37(54)48-28)39(55)42-16-17-51(4)5/h6-15,18,22-23,41,43,46H,16-17,19-21H2,1-5H3,(H,42,55). The highest BCUT2D eigenvalue weighted by atomic mass is 16.2. The minimum atomic E-state index is -0.236. The number of carbonyl (C=O) groups excluding carboxylic acids is 2. The van der Waals surface area contributed by atoms with Crippen LogP contribution in [0.5, 0.6) is 0 Å². The van der Waals surface area contributed by atoms with Gasteiger partial charge in [0.15, 0.2) is 22.6 Å². The number of hydrogen-bond donors (Lipinski definition) is 4. The fourth-order valence-corrected chi connectivity index (χ4v) is 8.07. The second kappa shape index (κ2) is 14.0. The van der Waals surface area contributed by atoms with Crippen LogP contribution in [0.25, 0.3) is 55.4 Å². The van der Waals surface area contributed by atoms with Gasteiger partial charge in [-0.1, -0.05) is 18.2 Å². The molecule has 1 aliphatic heterocycles. The van der Waals surface area contributed by atoms with Crippen molar-refractivity contribution in [2.45, 2.75) is 32.5 Å². The smallest absolute Gasteiger partial charge is 0.259 e. The lowest BCUT2D eigenvalue weighted by Gasteiger charge is -2.36. The van der Waals surface area contributed by atoms with Gasteiger partial charge in [0.1, 0.15) is 11.1 Å². The summed E-state index contributed by atoms with van der Waals surface area (Å²) in [6.07, 6.45) is 3.26. The Morgan fingerprint density at radius 1 is 0.804 bits per heavy atom. The Labute approximate surface area is 321 Å². The van der Waals surface area contributed by atoms with Gasteiger partial charge in [0, 0.05) is 62.6 Å². The predicted molar refractivity (Wildman–Crippen MR) is 217 cm³/mol. The summed E-state index contributed by atoms with van der Waals surface area (Å²) in [5.74, 6) is -0.342. The van der Waals surface area contributed by atoms with Crippen molar-refractivity contribution in [3.05, 3.63) is 83.7 Å². The van der Waals surface area contributed by atoms with E-state index in [0.29, 0.717) is 83.3 Å². The van der Waals surface area contributed by atoms with E-state index in [1.165, 1.54) is 0 Å². The summed E-state index contributed by atoms with van der Waals surface area (Å²) in [5, 5.41) is 32.5. The summed E-state index contributed by atoms with van der Waals surface area (Å²) in [7, 11) is 5.72. The molecule has 16 heteroatoms. The largest absolute Gasteiger partial charge is 0.387 e. The molecule has 1 fully saturated rings. The van der Waals surface area contributed by atoms with Gasteiger partial charge in [-0.3, -0.25) is 18.4 Å². The number of anilines is 2. The third-order valence-corrected chi connectivity index (χ3v) is 10.4. The molecule has 7 heterocycles. The van der Waals surface area contributed by atoms with Gasteiger partial charge in [-0.2, -0.15) is 10.2 Å². The maximum atomic E-state index is 14.8. The summed E-state index contributed by atoms with van der Waals surface area (Å²) in [6.45, 7) is 6.83. The van der Waals surface area contributed by atoms with E-state index < -0.39 is 0 Å². The molecule has 2 unspecified atom stereocenters. The first kappa shape index (κ1) is 35.2. The topological polar surface area (TPSA) is 175 Å². The first-order chi connectivity index (χ1) is 27.2. The highest BCUT2D eigenvalue weighted by Gasteiger charge is 2.32. The zero-order valence-electron chi connectivity index (χ0n) is 31.8. The molecule has 0 spiro atoms. The molecule has 284 valence electrons. The molecular weight excluding hydrogens is 709 g/mol. The maximum Gasteiger partial charge on any atom is 0.259 e. The van der Waals surface area contributed by atoms with Crippen molar-refractivity contribution in [3.8, 4) is 0 Å². The van der Waals surface area contributed by atoms with Gasteiger partial charge < -0.3 is 31.1 Å². The van der Waals surface area contributed by atoms with Crippen LogP contribution in [0.4, 0.5) is 11.4 Å². The zero-order valence-corrected chi connectivity index (χ0v) is 31.8. The number of fused-ring (bicyclic) bond motifs is 10. The molecule has 56 heavy (non-hydrogen) atoms. The fraction of sp³-hybridized carbons (Fsp3) is 0.300. The van der Waals surface area contributed by atoms with Crippen LogP contribution in [0.1, 0.15) is 40.1 Å². The number of nitrogens with one attached hydrogen (secondary N) is 4. The Balaban J connectivity index is 1.19. The Kier molecular flexibility index (Phi) is 8.77. The average Bonchev–Trinajstić information content (AvgIpc) is 3.77. The number of nitrogens with zero attached hydrogens (tertiary/aromatic N) is 10. The van der Waals surface area contributed by atoms with E-state index >= 15 is 0 Å². The molecule has 0 bridgehead atoms. The van der Waals surface area contributed by atoms with Gasteiger partial charge in [-0.25, -0.2) is 9.97 Å². The Bertz CT molecular complexity index is 2840. The quantitative estimate of drug-likeness (QED) is 0.168. The first-order valence-corrected chi connectivity index (χ1v) is 18.7. The molecule has 0 radical (unpaired) electrons. The number of para-hydroxylation sites is 2. The minimum Gasteiger partial charge on any atom is -0.387 e. The summed E-state index contributed by atoms with van der Waals surface area (Å²) >= 11 is 0. The highest BCUT2D eigenvalue weighted by Crippen LogP contribution is 2.36. The number of aromatic nitrogens is 8. The number of pyridine rings is 2. The normalized spacial score (nSPS) is 16.2. The maximum absolute atomic E-state index is 14.8. The molecule has 16 nitrogen and oxygen atoms in total. The van der Waals surface area contributed by atoms with Gasteiger partial charge in [0.2, 0.25) is 0 Å². The van der Waals surface area contributed by atoms with Crippen LogP contribution in [-0.4, -0.2) is 120 Å². The van der Waals surface area contributed by atoms with E-state index in [1.54, 1.807) is 19.4 Å². The number of piperazine rings is 1. The van der Waals surface area contributed by atoms with Crippen LogP contribution in [-0.2, 0) is 6.54 Å². The van der Waals surface area contributed by atoms with Gasteiger partial charge in [0.05, 0.1) is 45.8 Å². The fourth-order valence-electron chi connectivity index (χ4n) is 8.07. The Morgan fingerprint density at radius 2 is 1.45 bits per heavy atom. The van der Waals surface area contributed by atoms with Crippen molar-refractivity contribution in [1.82, 2.24) is 59.6 Å². The number of imidazole rings is 2. The lowest BCUT2D eigenvalue weighted by Crippen LogP contribution is -2.56. The molecule has 2 amide bonds. The van der Waals surface area contributed by atoms with Crippen molar-refractivity contribution >= 4 is 78.6 Å². The van der Waals surface area contributed by atoms with Gasteiger partial charge >= 0.3 is 0 Å². The van der Waals surface area contributed by atoms with Crippen LogP contribution < -0.4 is 21.3 Å². The molecule has 6 aromatic heterocycles. The minimum absolute atomic E-state index is 0.106. The van der Waals surface area contributed by atoms with Crippen LogP contribution in [0.2, 0.25) is 0 Å². The molecule has 2 atom stereocenters. The molecule has 0 saturated carbocycles. The van der Waals surface area contributed by atoms with E-state index in [9.17, 15) is 9.59 Å². The van der Waals surface area contributed by atoms with Gasteiger partial charge in [-0.05, 0) is 69.9 Å². The molecule has 4 N–H and O–H groups in total. The Hall–Kier alpha value is -6.52. The van der Waals surface area contributed by atoms with E-state index in [4.69, 9.17) is 9.97 Å². The molecule has 2 aromatic carbocycles. The van der Waals surface area contributed by atoms with E-state index in [-0.39, 0.29) is 23.9 Å². The number of amides is 2. The molecular formula is C40H42N14O2. The summed E-state index contributed by atoms with van der Waals surface area (Å²) in [4.78, 5) is 42.6. The van der Waals surface area contributed by atoms with Crippen molar-refractivity contribution in [2.24, 2.45) is 0 Å². The van der Waals surface area contributed by atoms with Crippen molar-refractivity contribution < 1.29 is 9.59 Å². The molecule has 8 aromatic rings. The van der Waals surface area contributed by atoms with Gasteiger partial charge in [-0.15, -0.1) is 10.2 Å². The first-order valence-electron chi connectivity index (χ1n) is 18.7. The van der Waals surface area contributed by atoms with Crippen LogP contribution >= 0.6 is 0 Å². The SMILES string of the molecule is CNc1c(C(=O)NCCN(C)C)c2nc3ccc(CNc4c(C(=O)N5CC(C)NC(C)C5)c5nc6ccccc6n5c5nnccc45)cc3n2c2nnccc12. The van der Waals surface area contributed by atoms with E-state index in [0.717, 1.165) is 32.9 Å². The van der Waals surface area contributed by atoms with Crippen molar-refractivity contribution in [2.75, 3.05) is 58.0 Å². The summed E-state index contributed by atoms with van der Waals surface area (Å²) in [6, 6.07) is 17.8. The third-order valence-electron chi connectivity index (χ3n) is 10.4. The second-order valence-corrected chi connectivity index (χ2v) is 14.7. The van der Waals surface area contributed by atoms with Gasteiger partial charge in [0.25, 0.3) is 11.8 Å². The van der Waals surface area contributed by atoms with Crippen molar-refractivity contribution in [3.63, 3.8) is 0 Å². The van der Waals surface area contributed by atoms with E-state index in [2.05, 4.69) is 55.5 Å².